The molecule has 0 spiro atoms. The number of benzene rings is 2. The highest BCUT2D eigenvalue weighted by atomic mass is 16.6. The van der Waals surface area contributed by atoms with E-state index in [9.17, 15) is 9.59 Å². The molecule has 4 nitrogen and oxygen atoms in total. The van der Waals surface area contributed by atoms with E-state index in [0.29, 0.717) is 11.3 Å². The van der Waals surface area contributed by atoms with E-state index in [-0.39, 0.29) is 11.3 Å². The maximum Gasteiger partial charge on any atom is 0.347 e. The van der Waals surface area contributed by atoms with E-state index in [4.69, 9.17) is 9.47 Å². The zero-order valence-electron chi connectivity index (χ0n) is 12.6. The average molecular weight is 316 g/mol. The summed E-state index contributed by atoms with van der Waals surface area (Å²) in [5.41, 5.74) is 2.20. The summed E-state index contributed by atoms with van der Waals surface area (Å²) in [5.74, 6) is -0.337. The number of hydrogen-bond donors (Lipinski definition) is 0. The van der Waals surface area contributed by atoms with Crippen LogP contribution < -0.4 is 0 Å². The van der Waals surface area contributed by atoms with Gasteiger partial charge in [-0.25, -0.2) is 9.59 Å². The van der Waals surface area contributed by atoms with Crippen LogP contribution in [-0.4, -0.2) is 11.9 Å². The molecule has 2 heterocycles. The molecule has 116 valence electrons. The van der Waals surface area contributed by atoms with Crippen molar-refractivity contribution in [1.29, 1.82) is 0 Å². The molecule has 0 aromatic heterocycles. The Morgan fingerprint density at radius 3 is 1.92 bits per heavy atom. The fourth-order valence-electron chi connectivity index (χ4n) is 2.62. The molecule has 0 atom stereocenters. The van der Waals surface area contributed by atoms with Gasteiger partial charge in [0.2, 0.25) is 0 Å². The van der Waals surface area contributed by atoms with E-state index in [1.54, 1.807) is 12.2 Å². The predicted octanol–water partition coefficient (Wildman–Crippen LogP) is 3.48. The van der Waals surface area contributed by atoms with Gasteiger partial charge in [0.25, 0.3) is 0 Å². The van der Waals surface area contributed by atoms with Gasteiger partial charge in [0, 0.05) is 5.56 Å². The minimum Gasteiger partial charge on any atom is -0.422 e. The van der Waals surface area contributed by atoms with Crippen LogP contribution in [-0.2, 0) is 19.1 Å². The Kier molecular flexibility index (Phi) is 3.35. The van der Waals surface area contributed by atoms with Gasteiger partial charge in [0.1, 0.15) is 17.1 Å². The van der Waals surface area contributed by atoms with Crippen molar-refractivity contribution in [2.75, 3.05) is 0 Å². The highest BCUT2D eigenvalue weighted by Gasteiger charge is 2.31. The van der Waals surface area contributed by atoms with E-state index in [1.165, 1.54) is 0 Å². The summed E-state index contributed by atoms with van der Waals surface area (Å²) >= 11 is 0. The SMILES string of the molecule is O=C1OC(=C2C=C(c3ccccc3)OC2=O)C=C1c1ccccc1. The van der Waals surface area contributed by atoms with Crippen LogP contribution in [0.3, 0.4) is 0 Å². The molecule has 0 radical (unpaired) electrons. The third-order valence-electron chi connectivity index (χ3n) is 3.80. The highest BCUT2D eigenvalue weighted by Crippen LogP contribution is 2.33. The molecule has 0 amide bonds. The monoisotopic (exact) mass is 316 g/mol. The number of hydrogen-bond acceptors (Lipinski definition) is 4. The number of carbonyl (C=O) groups is 2. The summed E-state index contributed by atoms with van der Waals surface area (Å²) in [6.07, 6.45) is 3.18. The first-order valence-corrected chi connectivity index (χ1v) is 7.45. The first-order valence-electron chi connectivity index (χ1n) is 7.45. The van der Waals surface area contributed by atoms with Crippen molar-refractivity contribution in [3.05, 3.63) is 95.3 Å². The van der Waals surface area contributed by atoms with Crippen molar-refractivity contribution in [3.63, 3.8) is 0 Å². The molecule has 0 N–H and O–H groups in total. The van der Waals surface area contributed by atoms with Crippen LogP contribution in [0.2, 0.25) is 0 Å². The molecule has 24 heavy (non-hydrogen) atoms. The molecular formula is C20H12O4. The van der Waals surface area contributed by atoms with E-state index >= 15 is 0 Å². The summed E-state index contributed by atoms with van der Waals surface area (Å²) in [7, 11) is 0. The Hall–Kier alpha value is -3.40. The lowest BCUT2D eigenvalue weighted by Gasteiger charge is -2.00. The van der Waals surface area contributed by atoms with Crippen LogP contribution in [0.5, 0.6) is 0 Å². The van der Waals surface area contributed by atoms with Crippen molar-refractivity contribution in [2.24, 2.45) is 0 Å². The summed E-state index contributed by atoms with van der Waals surface area (Å²) in [5, 5.41) is 0. The lowest BCUT2D eigenvalue weighted by molar-refractivity contribution is -0.132. The minimum atomic E-state index is -0.526. The van der Waals surface area contributed by atoms with E-state index in [1.807, 2.05) is 60.7 Å². The summed E-state index contributed by atoms with van der Waals surface area (Å²) in [6.45, 7) is 0. The smallest absolute Gasteiger partial charge is 0.347 e. The van der Waals surface area contributed by atoms with Gasteiger partial charge < -0.3 is 9.47 Å². The Bertz CT molecular complexity index is 919. The van der Waals surface area contributed by atoms with E-state index in [2.05, 4.69) is 0 Å². The lowest BCUT2D eigenvalue weighted by atomic mass is 10.1. The van der Waals surface area contributed by atoms with Gasteiger partial charge in [-0.15, -0.1) is 0 Å². The second-order valence-electron chi connectivity index (χ2n) is 5.36. The second-order valence-corrected chi connectivity index (χ2v) is 5.36. The average Bonchev–Trinajstić information content (AvgIpc) is 3.19. The fourth-order valence-corrected chi connectivity index (χ4v) is 2.62. The number of esters is 2. The molecule has 0 bridgehead atoms. The van der Waals surface area contributed by atoms with Crippen molar-refractivity contribution < 1.29 is 19.1 Å². The first kappa shape index (κ1) is 14.2. The van der Waals surface area contributed by atoms with Gasteiger partial charge in [0.15, 0.2) is 0 Å². The van der Waals surface area contributed by atoms with Crippen LogP contribution in [0.25, 0.3) is 11.3 Å². The normalized spacial score (nSPS) is 19.7. The maximum absolute atomic E-state index is 12.1. The van der Waals surface area contributed by atoms with Crippen molar-refractivity contribution in [3.8, 4) is 0 Å². The molecule has 0 fully saturated rings. The summed E-state index contributed by atoms with van der Waals surface area (Å²) < 4.78 is 10.6. The van der Waals surface area contributed by atoms with Gasteiger partial charge in [-0.1, -0.05) is 60.7 Å². The predicted molar refractivity (Wildman–Crippen MR) is 88.0 cm³/mol. The van der Waals surface area contributed by atoms with E-state index < -0.39 is 11.9 Å². The Balaban J connectivity index is 1.75. The number of cyclic esters (lactones) is 2. The first-order chi connectivity index (χ1) is 11.7. The fraction of sp³-hybridized carbons (Fsp3) is 0. The van der Waals surface area contributed by atoms with Gasteiger partial charge in [0.05, 0.1) is 5.57 Å². The number of ether oxygens (including phenoxy) is 2. The minimum absolute atomic E-state index is 0.217. The Morgan fingerprint density at radius 1 is 0.625 bits per heavy atom. The molecule has 0 unspecified atom stereocenters. The zero-order valence-corrected chi connectivity index (χ0v) is 12.6. The quantitative estimate of drug-likeness (QED) is 0.629. The van der Waals surface area contributed by atoms with Crippen LogP contribution in [0, 0.1) is 0 Å². The third kappa shape index (κ3) is 2.44. The second kappa shape index (κ2) is 5.66. The molecule has 4 rings (SSSR count). The van der Waals surface area contributed by atoms with Crippen LogP contribution in [0.15, 0.2) is 84.1 Å². The van der Waals surface area contributed by atoms with Crippen LogP contribution >= 0.6 is 0 Å². The largest absolute Gasteiger partial charge is 0.422 e. The van der Waals surface area contributed by atoms with Gasteiger partial charge in [-0.2, -0.15) is 0 Å². The Labute approximate surface area is 138 Å². The summed E-state index contributed by atoms with van der Waals surface area (Å²) in [4.78, 5) is 24.2. The maximum atomic E-state index is 12.1. The van der Waals surface area contributed by atoms with Gasteiger partial charge in [-0.3, -0.25) is 0 Å². The highest BCUT2D eigenvalue weighted by molar-refractivity contribution is 6.20. The molecule has 0 aliphatic carbocycles. The molecule has 0 saturated carbocycles. The van der Waals surface area contributed by atoms with Gasteiger partial charge >= 0.3 is 11.9 Å². The number of rotatable bonds is 2. The lowest BCUT2D eigenvalue weighted by Crippen LogP contribution is -2.02. The molecule has 2 aromatic rings. The van der Waals surface area contributed by atoms with Crippen molar-refractivity contribution in [2.45, 2.75) is 0 Å². The Morgan fingerprint density at radius 2 is 1.25 bits per heavy atom. The zero-order chi connectivity index (χ0) is 16.5. The molecule has 2 aliphatic heterocycles. The molecule has 2 aromatic carbocycles. The van der Waals surface area contributed by atoms with Crippen LogP contribution in [0.4, 0.5) is 0 Å². The van der Waals surface area contributed by atoms with E-state index in [0.717, 1.165) is 11.1 Å². The standard InChI is InChI=1S/C20H12O4/c21-19-15(13-7-3-1-4-8-13)11-18(24-19)16-12-17(23-20(16)22)14-9-5-2-6-10-14/h1-12H. The van der Waals surface area contributed by atoms with Crippen molar-refractivity contribution in [1.82, 2.24) is 0 Å². The molecule has 2 aliphatic rings. The molecule has 4 heteroatoms. The molecule has 0 saturated heterocycles. The van der Waals surface area contributed by atoms with Gasteiger partial charge in [-0.05, 0) is 17.7 Å². The van der Waals surface area contributed by atoms with Crippen LogP contribution in [0.1, 0.15) is 11.1 Å². The third-order valence-corrected chi connectivity index (χ3v) is 3.80. The van der Waals surface area contributed by atoms with Crippen molar-refractivity contribution >= 4 is 23.3 Å². The number of allylic oxidation sites excluding steroid dienone is 1. The molecular weight excluding hydrogens is 304 g/mol. The number of carbonyl (C=O) groups excluding carboxylic acids is 2. The topological polar surface area (TPSA) is 52.6 Å². The summed E-state index contributed by atoms with van der Waals surface area (Å²) in [6, 6.07) is 18.5.